The molecule has 2 heterocycles. The third kappa shape index (κ3) is 3.52. The van der Waals surface area contributed by atoms with E-state index in [0.29, 0.717) is 18.5 Å². The van der Waals surface area contributed by atoms with E-state index in [9.17, 15) is 13.9 Å². The molecule has 0 aliphatic carbocycles. The number of hydrogen-bond donors (Lipinski definition) is 2. The van der Waals surface area contributed by atoms with Gasteiger partial charge < -0.3 is 10.4 Å². The van der Waals surface area contributed by atoms with Crippen LogP contribution in [-0.4, -0.2) is 32.8 Å². The molecule has 1 atom stereocenters. The highest BCUT2D eigenvalue weighted by Crippen LogP contribution is 2.15. The molecule has 0 bridgehead atoms. The average Bonchev–Trinajstić information content (AvgIpc) is 2.97. The maximum Gasteiger partial charge on any atom is 0.160 e. The second-order valence-electron chi connectivity index (χ2n) is 5.19. The van der Waals surface area contributed by atoms with Crippen LogP contribution in [0.4, 0.5) is 8.78 Å². The average molecular weight is 318 g/mol. The first-order valence-corrected chi connectivity index (χ1v) is 7.27. The second-order valence-corrected chi connectivity index (χ2v) is 5.19. The van der Waals surface area contributed by atoms with Crippen LogP contribution < -0.4 is 5.32 Å². The largest absolute Gasteiger partial charge is 0.387 e. The van der Waals surface area contributed by atoms with Crippen LogP contribution in [-0.2, 0) is 6.42 Å². The zero-order chi connectivity index (χ0) is 16.2. The Kier molecular flexibility index (Phi) is 4.59. The number of pyridine rings is 1. The lowest BCUT2D eigenvalue weighted by Crippen LogP contribution is -2.24. The minimum Gasteiger partial charge on any atom is -0.387 e. The molecular formula is C16H16F2N4O. The fourth-order valence-corrected chi connectivity index (χ4v) is 2.34. The van der Waals surface area contributed by atoms with Gasteiger partial charge in [0.25, 0.3) is 0 Å². The van der Waals surface area contributed by atoms with E-state index < -0.39 is 17.7 Å². The molecule has 0 spiro atoms. The number of halogens is 2. The van der Waals surface area contributed by atoms with Gasteiger partial charge in [-0.05, 0) is 29.8 Å². The van der Waals surface area contributed by atoms with Crippen LogP contribution in [0.15, 0.2) is 42.6 Å². The van der Waals surface area contributed by atoms with E-state index in [-0.39, 0.29) is 6.54 Å². The van der Waals surface area contributed by atoms with Crippen molar-refractivity contribution in [1.29, 1.82) is 0 Å². The number of rotatable bonds is 6. The quantitative estimate of drug-likeness (QED) is 0.681. The molecule has 120 valence electrons. The lowest BCUT2D eigenvalue weighted by molar-refractivity contribution is 0.174. The van der Waals surface area contributed by atoms with Crippen LogP contribution in [0.25, 0.3) is 5.65 Å². The van der Waals surface area contributed by atoms with Crippen molar-refractivity contribution in [1.82, 2.24) is 19.9 Å². The monoisotopic (exact) mass is 318 g/mol. The van der Waals surface area contributed by atoms with Crippen LogP contribution in [0.2, 0.25) is 0 Å². The number of aliphatic hydroxyl groups is 1. The summed E-state index contributed by atoms with van der Waals surface area (Å²) in [5, 5.41) is 21.2. The van der Waals surface area contributed by atoms with Gasteiger partial charge in [0.05, 0.1) is 6.10 Å². The number of fused-ring (bicyclic) bond motifs is 1. The van der Waals surface area contributed by atoms with Crippen molar-refractivity contribution in [2.24, 2.45) is 0 Å². The predicted octanol–water partition coefficient (Wildman–Crippen LogP) is 1.87. The molecule has 1 unspecified atom stereocenters. The molecule has 3 rings (SSSR count). The number of nitrogens with zero attached hydrogens (tertiary/aromatic N) is 3. The molecule has 2 aromatic heterocycles. The molecule has 0 aliphatic heterocycles. The van der Waals surface area contributed by atoms with Crippen molar-refractivity contribution >= 4 is 5.65 Å². The van der Waals surface area contributed by atoms with E-state index in [0.717, 1.165) is 23.6 Å². The molecule has 5 nitrogen and oxygen atoms in total. The standard InChI is InChI=1S/C16H16F2N4O/c17-12-5-4-11(9-13(12)18)14(23)10-19-7-6-16-21-20-15-3-1-2-8-22(15)16/h1-5,8-9,14,19,23H,6-7,10H2. The Morgan fingerprint density at radius 2 is 2.00 bits per heavy atom. The first-order chi connectivity index (χ1) is 11.1. The van der Waals surface area contributed by atoms with E-state index in [2.05, 4.69) is 15.5 Å². The maximum absolute atomic E-state index is 13.1. The first kappa shape index (κ1) is 15.5. The Morgan fingerprint density at radius 3 is 2.83 bits per heavy atom. The van der Waals surface area contributed by atoms with Gasteiger partial charge in [-0.1, -0.05) is 12.1 Å². The van der Waals surface area contributed by atoms with Gasteiger partial charge in [-0.15, -0.1) is 10.2 Å². The molecule has 0 aliphatic rings. The second kappa shape index (κ2) is 6.80. The highest BCUT2D eigenvalue weighted by molar-refractivity contribution is 5.37. The highest BCUT2D eigenvalue weighted by atomic mass is 19.2. The van der Waals surface area contributed by atoms with Gasteiger partial charge in [-0.2, -0.15) is 0 Å². The lowest BCUT2D eigenvalue weighted by atomic mass is 10.1. The van der Waals surface area contributed by atoms with Crippen LogP contribution in [0.5, 0.6) is 0 Å². The normalized spacial score (nSPS) is 12.7. The van der Waals surface area contributed by atoms with Crippen molar-refractivity contribution in [2.45, 2.75) is 12.5 Å². The zero-order valence-corrected chi connectivity index (χ0v) is 12.3. The van der Waals surface area contributed by atoms with E-state index >= 15 is 0 Å². The molecule has 0 saturated heterocycles. The third-order valence-corrected chi connectivity index (χ3v) is 3.58. The summed E-state index contributed by atoms with van der Waals surface area (Å²) in [5.74, 6) is -1.07. The number of nitrogens with one attached hydrogen (secondary N) is 1. The smallest absolute Gasteiger partial charge is 0.160 e. The Labute approximate surface area is 131 Å². The van der Waals surface area contributed by atoms with Crippen LogP contribution in [0, 0.1) is 11.6 Å². The van der Waals surface area contributed by atoms with Gasteiger partial charge >= 0.3 is 0 Å². The highest BCUT2D eigenvalue weighted by Gasteiger charge is 2.11. The van der Waals surface area contributed by atoms with Crippen molar-refractivity contribution in [3.8, 4) is 0 Å². The summed E-state index contributed by atoms with van der Waals surface area (Å²) in [7, 11) is 0. The minimum atomic E-state index is -0.962. The lowest BCUT2D eigenvalue weighted by Gasteiger charge is -2.12. The third-order valence-electron chi connectivity index (χ3n) is 3.58. The van der Waals surface area contributed by atoms with Crippen LogP contribution in [0.1, 0.15) is 17.5 Å². The molecular weight excluding hydrogens is 302 g/mol. The molecule has 3 aromatic rings. The van der Waals surface area contributed by atoms with E-state index in [1.54, 1.807) is 0 Å². The van der Waals surface area contributed by atoms with Crippen molar-refractivity contribution in [3.05, 3.63) is 65.6 Å². The Morgan fingerprint density at radius 1 is 1.13 bits per heavy atom. The van der Waals surface area contributed by atoms with Crippen molar-refractivity contribution in [2.75, 3.05) is 13.1 Å². The molecule has 0 radical (unpaired) electrons. The molecule has 23 heavy (non-hydrogen) atoms. The number of aromatic nitrogens is 3. The van der Waals surface area contributed by atoms with Crippen molar-refractivity contribution in [3.63, 3.8) is 0 Å². The summed E-state index contributed by atoms with van der Waals surface area (Å²) in [6.45, 7) is 0.818. The van der Waals surface area contributed by atoms with Crippen LogP contribution in [0.3, 0.4) is 0 Å². The molecule has 0 amide bonds. The molecule has 1 aromatic carbocycles. The van der Waals surface area contributed by atoms with Gasteiger partial charge in [0, 0.05) is 25.7 Å². The van der Waals surface area contributed by atoms with Gasteiger partial charge in [0.2, 0.25) is 0 Å². The molecule has 2 N–H and O–H groups in total. The van der Waals surface area contributed by atoms with E-state index in [1.165, 1.54) is 6.07 Å². The van der Waals surface area contributed by atoms with Gasteiger partial charge in [0.15, 0.2) is 17.3 Å². The Bertz CT molecular complexity index is 806. The fraction of sp³-hybridized carbons (Fsp3) is 0.250. The maximum atomic E-state index is 13.1. The molecule has 0 fully saturated rings. The number of aliphatic hydroxyl groups excluding tert-OH is 1. The fourth-order valence-electron chi connectivity index (χ4n) is 2.34. The number of benzene rings is 1. The van der Waals surface area contributed by atoms with Gasteiger partial charge in [0.1, 0.15) is 5.82 Å². The number of hydrogen-bond acceptors (Lipinski definition) is 4. The van der Waals surface area contributed by atoms with E-state index in [1.807, 2.05) is 28.8 Å². The Hall–Kier alpha value is -2.38. The Balaban J connectivity index is 1.52. The van der Waals surface area contributed by atoms with Gasteiger partial charge in [-0.3, -0.25) is 4.40 Å². The summed E-state index contributed by atoms with van der Waals surface area (Å²) < 4.78 is 27.9. The SMILES string of the molecule is OC(CNCCc1nnc2ccccn12)c1ccc(F)c(F)c1. The molecule has 7 heteroatoms. The minimum absolute atomic E-state index is 0.238. The summed E-state index contributed by atoms with van der Waals surface area (Å²) in [4.78, 5) is 0. The summed E-state index contributed by atoms with van der Waals surface area (Å²) >= 11 is 0. The van der Waals surface area contributed by atoms with Crippen molar-refractivity contribution < 1.29 is 13.9 Å². The molecule has 0 saturated carbocycles. The topological polar surface area (TPSA) is 62.5 Å². The first-order valence-electron chi connectivity index (χ1n) is 7.27. The predicted molar refractivity (Wildman–Crippen MR) is 80.9 cm³/mol. The van der Waals surface area contributed by atoms with E-state index in [4.69, 9.17) is 0 Å². The van der Waals surface area contributed by atoms with Gasteiger partial charge in [-0.25, -0.2) is 8.78 Å². The zero-order valence-electron chi connectivity index (χ0n) is 12.3. The summed E-state index contributed by atoms with van der Waals surface area (Å²) in [6, 6.07) is 9.06. The summed E-state index contributed by atoms with van der Waals surface area (Å²) in [6.07, 6.45) is 1.62. The summed E-state index contributed by atoms with van der Waals surface area (Å²) in [5.41, 5.74) is 1.12. The van der Waals surface area contributed by atoms with Crippen LogP contribution >= 0.6 is 0 Å².